The Morgan fingerprint density at radius 3 is 2.77 bits per heavy atom. The van der Waals surface area contributed by atoms with Crippen LogP contribution in [0.1, 0.15) is 48.6 Å². The lowest BCUT2D eigenvalue weighted by Gasteiger charge is -2.10. The van der Waals surface area contributed by atoms with Crippen LogP contribution in [0.3, 0.4) is 0 Å². The van der Waals surface area contributed by atoms with Crippen molar-refractivity contribution < 1.29 is 4.74 Å². The third-order valence-electron chi connectivity index (χ3n) is 3.90. The molecule has 1 heterocycles. The standard InChI is InChI=1S/C17H22N4O/c1-5-13(4)21-16(19)15(9-18)17(20-21)22-10-14-8-11(2)6-7-12(14)3/h6-8,13H,5,10,19H2,1-4H3/t13-/m0/s1. The average molecular weight is 298 g/mol. The Morgan fingerprint density at radius 1 is 1.41 bits per heavy atom. The third-order valence-corrected chi connectivity index (χ3v) is 3.90. The third kappa shape index (κ3) is 3.06. The van der Waals surface area contributed by atoms with Gasteiger partial charge in [-0.3, -0.25) is 0 Å². The van der Waals surface area contributed by atoms with Gasteiger partial charge in [0.2, 0.25) is 0 Å². The number of ether oxygens (including phenoxy) is 1. The molecule has 0 radical (unpaired) electrons. The van der Waals surface area contributed by atoms with Gasteiger partial charge < -0.3 is 10.5 Å². The van der Waals surface area contributed by atoms with Gasteiger partial charge in [-0.2, -0.15) is 5.26 Å². The Balaban J connectivity index is 2.26. The molecule has 1 atom stereocenters. The summed E-state index contributed by atoms with van der Waals surface area (Å²) in [6.45, 7) is 8.52. The van der Waals surface area contributed by atoms with Crippen LogP contribution in [0.4, 0.5) is 5.82 Å². The molecule has 0 aliphatic heterocycles. The predicted molar refractivity (Wildman–Crippen MR) is 86.6 cm³/mol. The van der Waals surface area contributed by atoms with Crippen LogP contribution in [0, 0.1) is 25.2 Å². The number of nitrogens with two attached hydrogens (primary N) is 1. The van der Waals surface area contributed by atoms with Crippen LogP contribution in [0.2, 0.25) is 0 Å². The molecule has 0 saturated heterocycles. The lowest BCUT2D eigenvalue weighted by molar-refractivity contribution is 0.285. The molecular formula is C17H22N4O. The Morgan fingerprint density at radius 2 is 2.14 bits per heavy atom. The molecule has 0 saturated carbocycles. The summed E-state index contributed by atoms with van der Waals surface area (Å²) in [7, 11) is 0. The molecule has 0 aliphatic carbocycles. The molecule has 2 rings (SSSR count). The number of hydrogen-bond acceptors (Lipinski definition) is 4. The first kappa shape index (κ1) is 15.9. The second kappa shape index (κ2) is 6.52. The van der Waals surface area contributed by atoms with Crippen molar-refractivity contribution in [2.75, 3.05) is 5.73 Å². The van der Waals surface area contributed by atoms with E-state index in [0.29, 0.717) is 23.9 Å². The van der Waals surface area contributed by atoms with Crippen LogP contribution in [-0.2, 0) is 6.61 Å². The van der Waals surface area contributed by atoms with Crippen molar-refractivity contribution in [3.05, 3.63) is 40.5 Å². The number of nitrogen functional groups attached to an aromatic ring is 1. The molecule has 0 aliphatic rings. The molecule has 116 valence electrons. The van der Waals surface area contributed by atoms with E-state index in [1.54, 1.807) is 4.68 Å². The van der Waals surface area contributed by atoms with E-state index in [1.807, 2.05) is 20.8 Å². The second-order valence-corrected chi connectivity index (χ2v) is 5.60. The maximum atomic E-state index is 9.30. The first-order valence-electron chi connectivity index (χ1n) is 7.44. The zero-order valence-corrected chi connectivity index (χ0v) is 13.6. The van der Waals surface area contributed by atoms with Gasteiger partial charge in [-0.1, -0.05) is 30.7 Å². The van der Waals surface area contributed by atoms with E-state index in [0.717, 1.165) is 17.5 Å². The van der Waals surface area contributed by atoms with E-state index in [9.17, 15) is 5.26 Å². The molecule has 0 fully saturated rings. The molecule has 1 aromatic heterocycles. The van der Waals surface area contributed by atoms with Gasteiger partial charge in [-0.25, -0.2) is 4.68 Å². The van der Waals surface area contributed by atoms with E-state index >= 15 is 0 Å². The van der Waals surface area contributed by atoms with Gasteiger partial charge in [0.05, 0.1) is 6.04 Å². The second-order valence-electron chi connectivity index (χ2n) is 5.60. The molecule has 2 aromatic rings. The summed E-state index contributed by atoms with van der Waals surface area (Å²) >= 11 is 0. The number of nitrogens with zero attached hydrogens (tertiary/aromatic N) is 3. The van der Waals surface area contributed by atoms with Crippen molar-refractivity contribution >= 4 is 5.82 Å². The van der Waals surface area contributed by atoms with Crippen molar-refractivity contribution in [2.45, 2.75) is 46.8 Å². The van der Waals surface area contributed by atoms with Crippen LogP contribution in [0.15, 0.2) is 18.2 Å². The lowest BCUT2D eigenvalue weighted by Crippen LogP contribution is -2.09. The van der Waals surface area contributed by atoms with Gasteiger partial charge in [0.25, 0.3) is 5.88 Å². The van der Waals surface area contributed by atoms with Crippen molar-refractivity contribution in [1.82, 2.24) is 9.78 Å². The SMILES string of the molecule is CC[C@H](C)n1nc(OCc2cc(C)ccc2C)c(C#N)c1N. The van der Waals surface area contributed by atoms with E-state index in [4.69, 9.17) is 10.5 Å². The number of aromatic nitrogens is 2. The number of aryl methyl sites for hydroxylation is 2. The fourth-order valence-corrected chi connectivity index (χ4v) is 2.24. The quantitative estimate of drug-likeness (QED) is 0.916. The van der Waals surface area contributed by atoms with Crippen molar-refractivity contribution in [1.29, 1.82) is 5.26 Å². The smallest absolute Gasteiger partial charge is 0.253 e. The Labute approximate surface area is 131 Å². The fraction of sp³-hybridized carbons (Fsp3) is 0.412. The van der Waals surface area contributed by atoms with Gasteiger partial charge in [-0.15, -0.1) is 5.10 Å². The minimum absolute atomic E-state index is 0.130. The minimum atomic E-state index is 0.130. The largest absolute Gasteiger partial charge is 0.471 e. The molecule has 0 bridgehead atoms. The van der Waals surface area contributed by atoms with Crippen LogP contribution < -0.4 is 10.5 Å². The summed E-state index contributed by atoms with van der Waals surface area (Å²) in [6.07, 6.45) is 0.882. The lowest BCUT2D eigenvalue weighted by atomic mass is 10.1. The van der Waals surface area contributed by atoms with Crippen molar-refractivity contribution in [3.8, 4) is 11.9 Å². The molecule has 0 spiro atoms. The van der Waals surface area contributed by atoms with E-state index in [1.165, 1.54) is 5.56 Å². The Kier molecular flexibility index (Phi) is 4.71. The van der Waals surface area contributed by atoms with E-state index in [-0.39, 0.29) is 6.04 Å². The van der Waals surface area contributed by atoms with Crippen LogP contribution >= 0.6 is 0 Å². The maximum Gasteiger partial charge on any atom is 0.253 e. The minimum Gasteiger partial charge on any atom is -0.471 e. The first-order valence-corrected chi connectivity index (χ1v) is 7.44. The summed E-state index contributed by atoms with van der Waals surface area (Å²) < 4.78 is 7.44. The normalized spacial score (nSPS) is 12.0. The van der Waals surface area contributed by atoms with Gasteiger partial charge in [0, 0.05) is 0 Å². The molecule has 5 heteroatoms. The highest BCUT2D eigenvalue weighted by molar-refractivity contribution is 5.55. The van der Waals surface area contributed by atoms with Gasteiger partial charge >= 0.3 is 0 Å². The monoisotopic (exact) mass is 298 g/mol. The Bertz CT molecular complexity index is 712. The zero-order valence-electron chi connectivity index (χ0n) is 13.6. The fourth-order valence-electron chi connectivity index (χ4n) is 2.24. The number of benzene rings is 1. The van der Waals surface area contributed by atoms with Gasteiger partial charge in [0.15, 0.2) is 5.56 Å². The molecule has 22 heavy (non-hydrogen) atoms. The van der Waals surface area contributed by atoms with Gasteiger partial charge in [0.1, 0.15) is 18.5 Å². The van der Waals surface area contributed by atoms with Crippen LogP contribution in [-0.4, -0.2) is 9.78 Å². The molecule has 0 unspecified atom stereocenters. The van der Waals surface area contributed by atoms with Crippen LogP contribution in [0.5, 0.6) is 5.88 Å². The number of nitriles is 1. The average Bonchev–Trinajstić information content (AvgIpc) is 2.83. The summed E-state index contributed by atoms with van der Waals surface area (Å²) in [5, 5.41) is 13.7. The highest BCUT2D eigenvalue weighted by atomic mass is 16.5. The van der Waals surface area contributed by atoms with Crippen molar-refractivity contribution in [3.63, 3.8) is 0 Å². The summed E-state index contributed by atoms with van der Waals surface area (Å²) in [4.78, 5) is 0. The van der Waals surface area contributed by atoms with Crippen LogP contribution in [0.25, 0.3) is 0 Å². The number of rotatable bonds is 5. The van der Waals surface area contributed by atoms with E-state index in [2.05, 4.69) is 36.3 Å². The molecule has 1 aromatic carbocycles. The Hall–Kier alpha value is -2.48. The molecule has 5 nitrogen and oxygen atoms in total. The van der Waals surface area contributed by atoms with Crippen molar-refractivity contribution in [2.24, 2.45) is 0 Å². The zero-order chi connectivity index (χ0) is 16.3. The topological polar surface area (TPSA) is 76.9 Å². The molecule has 0 amide bonds. The summed E-state index contributed by atoms with van der Waals surface area (Å²) in [5.74, 6) is 0.675. The summed E-state index contributed by atoms with van der Waals surface area (Å²) in [5.41, 5.74) is 9.73. The van der Waals surface area contributed by atoms with E-state index < -0.39 is 0 Å². The highest BCUT2D eigenvalue weighted by Crippen LogP contribution is 2.27. The maximum absolute atomic E-state index is 9.30. The predicted octanol–water partition coefficient (Wildman–Crippen LogP) is 3.50. The summed E-state index contributed by atoms with van der Waals surface area (Å²) in [6, 6.07) is 8.43. The van der Waals surface area contributed by atoms with Gasteiger partial charge in [-0.05, 0) is 38.3 Å². The highest BCUT2D eigenvalue weighted by Gasteiger charge is 2.19. The number of anilines is 1. The first-order chi connectivity index (χ1) is 10.5. The molecular weight excluding hydrogens is 276 g/mol. The molecule has 2 N–H and O–H groups in total. The number of hydrogen-bond donors (Lipinski definition) is 1.